The smallest absolute Gasteiger partial charge is 0.0400 e. The highest BCUT2D eigenvalue weighted by molar-refractivity contribution is 5.60. The molecule has 1 unspecified atom stereocenters. The van der Waals surface area contributed by atoms with Crippen LogP contribution in [0.5, 0.6) is 0 Å². The largest absolute Gasteiger partial charge is 0.374 e. The fourth-order valence-electron chi connectivity index (χ4n) is 2.49. The number of nitrogens with two attached hydrogens (primary N) is 1. The predicted octanol–water partition coefficient (Wildman–Crippen LogP) is 2.27. The molecule has 0 aromatic heterocycles. The number of anilines is 1. The third-order valence-corrected chi connectivity index (χ3v) is 3.29. The Balaban J connectivity index is 2.23. The standard InChI is InChI=1S/C13H20N2/c1-10-5-6-13-12(8-10)11(4-3-7-14)9-15(13)2/h5-6,8,11H,3-4,7,9,14H2,1-2H3. The highest BCUT2D eigenvalue weighted by Crippen LogP contribution is 2.38. The number of likely N-dealkylation sites (N-methyl/N-ethyl adjacent to an activating group) is 1. The molecule has 2 N–H and O–H groups in total. The van der Waals surface area contributed by atoms with Gasteiger partial charge in [0.1, 0.15) is 0 Å². The molecule has 0 saturated heterocycles. The average Bonchev–Trinajstić information content (AvgIpc) is 2.52. The molecule has 0 fully saturated rings. The number of fused-ring (bicyclic) bond motifs is 1. The molecule has 1 atom stereocenters. The number of aryl methyl sites for hydroxylation is 1. The molecule has 0 radical (unpaired) electrons. The summed E-state index contributed by atoms with van der Waals surface area (Å²) in [7, 11) is 2.18. The van der Waals surface area contributed by atoms with Gasteiger partial charge in [0, 0.05) is 25.2 Å². The van der Waals surface area contributed by atoms with Crippen molar-refractivity contribution in [2.75, 3.05) is 25.0 Å². The second-order valence-electron chi connectivity index (χ2n) is 4.57. The van der Waals surface area contributed by atoms with Gasteiger partial charge in [0.15, 0.2) is 0 Å². The fraction of sp³-hybridized carbons (Fsp3) is 0.538. The molecule has 0 spiro atoms. The van der Waals surface area contributed by atoms with Gasteiger partial charge in [-0.05, 0) is 37.9 Å². The van der Waals surface area contributed by atoms with E-state index in [1.54, 1.807) is 0 Å². The van der Waals surface area contributed by atoms with Gasteiger partial charge in [-0.2, -0.15) is 0 Å². The van der Waals surface area contributed by atoms with Crippen LogP contribution >= 0.6 is 0 Å². The Bertz CT molecular complexity index is 346. The van der Waals surface area contributed by atoms with Crippen LogP contribution in [-0.4, -0.2) is 20.1 Å². The van der Waals surface area contributed by atoms with Crippen LogP contribution in [0.1, 0.15) is 29.9 Å². The van der Waals surface area contributed by atoms with E-state index in [0.717, 1.165) is 19.5 Å². The highest BCUT2D eigenvalue weighted by Gasteiger charge is 2.25. The van der Waals surface area contributed by atoms with E-state index in [-0.39, 0.29) is 0 Å². The first-order valence-electron chi connectivity index (χ1n) is 5.74. The van der Waals surface area contributed by atoms with Crippen LogP contribution < -0.4 is 10.6 Å². The van der Waals surface area contributed by atoms with E-state index in [0.29, 0.717) is 5.92 Å². The zero-order valence-electron chi connectivity index (χ0n) is 9.66. The van der Waals surface area contributed by atoms with Crippen LogP contribution in [0.3, 0.4) is 0 Å². The molecule has 2 nitrogen and oxygen atoms in total. The lowest BCUT2D eigenvalue weighted by Gasteiger charge is -2.12. The fourth-order valence-corrected chi connectivity index (χ4v) is 2.49. The molecule has 2 heteroatoms. The van der Waals surface area contributed by atoms with E-state index in [2.05, 4.69) is 37.1 Å². The zero-order valence-corrected chi connectivity index (χ0v) is 9.66. The molecule has 0 amide bonds. The molecule has 1 aliphatic rings. The van der Waals surface area contributed by atoms with Crippen LogP contribution in [0.2, 0.25) is 0 Å². The Morgan fingerprint density at radius 3 is 3.00 bits per heavy atom. The highest BCUT2D eigenvalue weighted by atomic mass is 15.1. The molecular formula is C13H20N2. The van der Waals surface area contributed by atoms with Crippen molar-refractivity contribution in [3.63, 3.8) is 0 Å². The van der Waals surface area contributed by atoms with Crippen LogP contribution in [-0.2, 0) is 0 Å². The molecule has 2 rings (SSSR count). The van der Waals surface area contributed by atoms with Gasteiger partial charge in [-0.3, -0.25) is 0 Å². The van der Waals surface area contributed by atoms with Gasteiger partial charge in [0.2, 0.25) is 0 Å². The lowest BCUT2D eigenvalue weighted by molar-refractivity contribution is 0.621. The maximum atomic E-state index is 5.58. The average molecular weight is 204 g/mol. The lowest BCUT2D eigenvalue weighted by Crippen LogP contribution is -2.15. The molecule has 1 heterocycles. The normalized spacial score (nSPS) is 19.4. The Hall–Kier alpha value is -1.02. The monoisotopic (exact) mass is 204 g/mol. The molecule has 82 valence electrons. The number of hydrogen-bond acceptors (Lipinski definition) is 2. The molecule has 0 saturated carbocycles. The summed E-state index contributed by atoms with van der Waals surface area (Å²) in [6.45, 7) is 4.12. The molecule has 15 heavy (non-hydrogen) atoms. The predicted molar refractivity (Wildman–Crippen MR) is 65.5 cm³/mol. The SMILES string of the molecule is Cc1ccc2c(c1)C(CCCN)CN2C. The van der Waals surface area contributed by atoms with Gasteiger partial charge < -0.3 is 10.6 Å². The van der Waals surface area contributed by atoms with Gasteiger partial charge in [-0.15, -0.1) is 0 Å². The summed E-state index contributed by atoms with van der Waals surface area (Å²) in [5.41, 5.74) is 9.86. The first-order valence-corrected chi connectivity index (χ1v) is 5.74. The Labute approximate surface area is 92.1 Å². The quantitative estimate of drug-likeness (QED) is 0.818. The van der Waals surface area contributed by atoms with Crippen molar-refractivity contribution in [1.82, 2.24) is 0 Å². The zero-order chi connectivity index (χ0) is 10.8. The third kappa shape index (κ3) is 2.00. The minimum atomic E-state index is 0.688. The second kappa shape index (κ2) is 4.23. The summed E-state index contributed by atoms with van der Waals surface area (Å²) >= 11 is 0. The minimum Gasteiger partial charge on any atom is -0.374 e. The van der Waals surface area contributed by atoms with Gasteiger partial charge in [0.25, 0.3) is 0 Å². The molecule has 0 bridgehead atoms. The van der Waals surface area contributed by atoms with Gasteiger partial charge >= 0.3 is 0 Å². The number of rotatable bonds is 3. The van der Waals surface area contributed by atoms with Crippen molar-refractivity contribution in [2.24, 2.45) is 5.73 Å². The third-order valence-electron chi connectivity index (χ3n) is 3.29. The van der Waals surface area contributed by atoms with E-state index in [9.17, 15) is 0 Å². The van der Waals surface area contributed by atoms with Crippen molar-refractivity contribution in [3.05, 3.63) is 29.3 Å². The number of hydrogen-bond donors (Lipinski definition) is 1. The molecule has 1 aromatic carbocycles. The van der Waals surface area contributed by atoms with Crippen molar-refractivity contribution in [2.45, 2.75) is 25.7 Å². The van der Waals surface area contributed by atoms with Crippen LogP contribution in [0, 0.1) is 6.92 Å². The van der Waals surface area contributed by atoms with Crippen LogP contribution in [0.25, 0.3) is 0 Å². The van der Waals surface area contributed by atoms with Crippen molar-refractivity contribution in [1.29, 1.82) is 0 Å². The van der Waals surface area contributed by atoms with Crippen molar-refractivity contribution in [3.8, 4) is 0 Å². The van der Waals surface area contributed by atoms with Gasteiger partial charge in [0.05, 0.1) is 0 Å². The summed E-state index contributed by atoms with van der Waals surface area (Å²) in [6.07, 6.45) is 2.35. The van der Waals surface area contributed by atoms with Gasteiger partial charge in [-0.25, -0.2) is 0 Å². The molecule has 1 aromatic rings. The molecule has 0 aliphatic carbocycles. The Morgan fingerprint density at radius 2 is 2.27 bits per heavy atom. The van der Waals surface area contributed by atoms with Crippen LogP contribution in [0.15, 0.2) is 18.2 Å². The Kier molecular flexibility index (Phi) is 2.96. The summed E-state index contributed by atoms with van der Waals surface area (Å²) in [4.78, 5) is 2.36. The number of nitrogens with zero attached hydrogens (tertiary/aromatic N) is 1. The molecular weight excluding hydrogens is 184 g/mol. The maximum absolute atomic E-state index is 5.58. The summed E-state index contributed by atoms with van der Waals surface area (Å²) in [6, 6.07) is 6.77. The first-order chi connectivity index (χ1) is 7.22. The van der Waals surface area contributed by atoms with E-state index < -0.39 is 0 Å². The summed E-state index contributed by atoms with van der Waals surface area (Å²) in [5.74, 6) is 0.688. The van der Waals surface area contributed by atoms with E-state index in [1.807, 2.05) is 0 Å². The Morgan fingerprint density at radius 1 is 1.47 bits per heavy atom. The second-order valence-corrected chi connectivity index (χ2v) is 4.57. The first kappa shape index (κ1) is 10.5. The summed E-state index contributed by atoms with van der Waals surface area (Å²) in [5, 5.41) is 0. The van der Waals surface area contributed by atoms with E-state index in [1.165, 1.54) is 23.2 Å². The molecule has 1 aliphatic heterocycles. The number of benzene rings is 1. The minimum absolute atomic E-state index is 0.688. The van der Waals surface area contributed by atoms with Crippen molar-refractivity contribution >= 4 is 5.69 Å². The summed E-state index contributed by atoms with van der Waals surface area (Å²) < 4.78 is 0. The lowest BCUT2D eigenvalue weighted by atomic mass is 9.95. The van der Waals surface area contributed by atoms with E-state index >= 15 is 0 Å². The van der Waals surface area contributed by atoms with Crippen molar-refractivity contribution < 1.29 is 0 Å². The van der Waals surface area contributed by atoms with E-state index in [4.69, 9.17) is 5.73 Å². The topological polar surface area (TPSA) is 29.3 Å². The van der Waals surface area contributed by atoms with Crippen LogP contribution in [0.4, 0.5) is 5.69 Å². The maximum Gasteiger partial charge on any atom is 0.0400 e. The van der Waals surface area contributed by atoms with Gasteiger partial charge in [-0.1, -0.05) is 17.7 Å².